The predicted molar refractivity (Wildman–Crippen MR) is 86.2 cm³/mol. The van der Waals surface area contributed by atoms with Gasteiger partial charge in [0.2, 0.25) is 0 Å². The van der Waals surface area contributed by atoms with Crippen molar-refractivity contribution in [2.45, 2.75) is 59.0 Å². The van der Waals surface area contributed by atoms with Crippen LogP contribution in [0, 0.1) is 5.92 Å². The maximum absolute atomic E-state index is 4.61. The lowest BCUT2D eigenvalue weighted by molar-refractivity contribution is 0.361. The van der Waals surface area contributed by atoms with Crippen LogP contribution in [0.25, 0.3) is 0 Å². The molecule has 0 radical (unpaired) electrons. The largest absolute Gasteiger partial charge is 0.354 e. The minimum absolute atomic E-state index is 0.397. The molecule has 0 amide bonds. The first-order valence-corrected chi connectivity index (χ1v) is 8.09. The monoisotopic (exact) mass is 275 g/mol. The summed E-state index contributed by atoms with van der Waals surface area (Å²) in [6.45, 7) is 11.3. The average Bonchev–Trinajstić information content (AvgIpc) is 2.47. The second-order valence-electron chi connectivity index (χ2n) is 6.18. The van der Waals surface area contributed by atoms with E-state index in [9.17, 15) is 0 Å². The number of anilines is 1. The number of nitrogens with one attached hydrogen (secondary N) is 1. The molecule has 0 aromatic carbocycles. The van der Waals surface area contributed by atoms with Crippen molar-refractivity contribution in [2.24, 2.45) is 5.92 Å². The van der Waals surface area contributed by atoms with E-state index in [2.05, 4.69) is 55.0 Å². The standard InChI is InChI=1S/C17H29N3/c1-5-9-18-14(3)16-8-10-19-17(12-16)20-11-6-7-13(2)15(20)4/h8,10,12-15,18H,5-7,9,11H2,1-4H3. The van der Waals surface area contributed by atoms with Crippen molar-refractivity contribution in [2.75, 3.05) is 18.0 Å². The molecule has 1 aromatic heterocycles. The van der Waals surface area contributed by atoms with Gasteiger partial charge in [-0.15, -0.1) is 0 Å². The summed E-state index contributed by atoms with van der Waals surface area (Å²) in [5, 5.41) is 3.55. The first kappa shape index (κ1) is 15.3. The van der Waals surface area contributed by atoms with E-state index < -0.39 is 0 Å². The van der Waals surface area contributed by atoms with Gasteiger partial charge in [0.05, 0.1) is 0 Å². The molecule has 3 nitrogen and oxygen atoms in total. The van der Waals surface area contributed by atoms with Crippen molar-refractivity contribution in [1.82, 2.24) is 10.3 Å². The molecule has 2 rings (SSSR count). The average molecular weight is 275 g/mol. The highest BCUT2D eigenvalue weighted by Gasteiger charge is 2.25. The van der Waals surface area contributed by atoms with Crippen molar-refractivity contribution in [3.05, 3.63) is 23.9 Å². The van der Waals surface area contributed by atoms with E-state index in [-0.39, 0.29) is 0 Å². The lowest BCUT2D eigenvalue weighted by Crippen LogP contribution is -2.43. The summed E-state index contributed by atoms with van der Waals surface area (Å²) >= 11 is 0. The Morgan fingerprint density at radius 2 is 2.25 bits per heavy atom. The Morgan fingerprint density at radius 3 is 3.00 bits per heavy atom. The second-order valence-corrected chi connectivity index (χ2v) is 6.18. The van der Waals surface area contributed by atoms with Crippen LogP contribution in [-0.4, -0.2) is 24.1 Å². The summed E-state index contributed by atoms with van der Waals surface area (Å²) in [6, 6.07) is 5.39. The fraction of sp³-hybridized carbons (Fsp3) is 0.706. The molecule has 112 valence electrons. The molecule has 0 spiro atoms. The van der Waals surface area contributed by atoms with Crippen LogP contribution >= 0.6 is 0 Å². The van der Waals surface area contributed by atoms with Crippen LogP contribution in [0.5, 0.6) is 0 Å². The number of hydrogen-bond donors (Lipinski definition) is 1. The van der Waals surface area contributed by atoms with Gasteiger partial charge in [-0.25, -0.2) is 4.98 Å². The fourth-order valence-electron chi connectivity index (χ4n) is 3.00. The van der Waals surface area contributed by atoms with Crippen molar-refractivity contribution in [3.63, 3.8) is 0 Å². The number of aromatic nitrogens is 1. The van der Waals surface area contributed by atoms with Gasteiger partial charge in [0.15, 0.2) is 0 Å². The molecule has 20 heavy (non-hydrogen) atoms. The zero-order valence-corrected chi connectivity index (χ0v) is 13.4. The molecule has 2 heterocycles. The van der Waals surface area contributed by atoms with E-state index >= 15 is 0 Å². The summed E-state index contributed by atoms with van der Waals surface area (Å²) in [7, 11) is 0. The van der Waals surface area contributed by atoms with Gasteiger partial charge in [-0.1, -0.05) is 13.8 Å². The van der Waals surface area contributed by atoms with Gasteiger partial charge in [-0.2, -0.15) is 0 Å². The maximum atomic E-state index is 4.61. The SMILES string of the molecule is CCCNC(C)c1ccnc(N2CCCC(C)C2C)c1. The normalized spacial score (nSPS) is 24.7. The fourth-order valence-corrected chi connectivity index (χ4v) is 3.00. The van der Waals surface area contributed by atoms with Crippen LogP contribution in [0.15, 0.2) is 18.3 Å². The quantitative estimate of drug-likeness (QED) is 0.886. The number of rotatable bonds is 5. The molecule has 3 unspecified atom stereocenters. The third-order valence-corrected chi connectivity index (χ3v) is 4.64. The molecule has 1 aliphatic heterocycles. The van der Waals surface area contributed by atoms with Crippen LogP contribution in [0.4, 0.5) is 5.82 Å². The van der Waals surface area contributed by atoms with Crippen molar-refractivity contribution >= 4 is 5.82 Å². The summed E-state index contributed by atoms with van der Waals surface area (Å²) < 4.78 is 0. The summed E-state index contributed by atoms with van der Waals surface area (Å²) in [6.07, 6.45) is 5.75. The van der Waals surface area contributed by atoms with Crippen LogP contribution < -0.4 is 10.2 Å². The minimum Gasteiger partial charge on any atom is -0.354 e. The van der Waals surface area contributed by atoms with E-state index in [1.807, 2.05) is 6.20 Å². The van der Waals surface area contributed by atoms with E-state index in [0.717, 1.165) is 24.8 Å². The molecule has 0 bridgehead atoms. The maximum Gasteiger partial charge on any atom is 0.129 e. The summed E-state index contributed by atoms with van der Waals surface area (Å²) in [5.41, 5.74) is 1.34. The number of nitrogens with zero attached hydrogens (tertiary/aromatic N) is 2. The summed E-state index contributed by atoms with van der Waals surface area (Å²) in [4.78, 5) is 7.09. The van der Waals surface area contributed by atoms with Gasteiger partial charge < -0.3 is 10.2 Å². The smallest absolute Gasteiger partial charge is 0.129 e. The van der Waals surface area contributed by atoms with Crippen LogP contribution in [0.2, 0.25) is 0 Å². The minimum atomic E-state index is 0.397. The van der Waals surface area contributed by atoms with Gasteiger partial charge in [-0.3, -0.25) is 0 Å². The first-order chi connectivity index (χ1) is 9.63. The third kappa shape index (κ3) is 3.51. The molecule has 1 aromatic rings. The third-order valence-electron chi connectivity index (χ3n) is 4.64. The molecule has 3 atom stereocenters. The molecule has 1 fully saturated rings. The number of piperidine rings is 1. The van der Waals surface area contributed by atoms with Gasteiger partial charge >= 0.3 is 0 Å². The molecule has 1 aliphatic rings. The van der Waals surface area contributed by atoms with Crippen molar-refractivity contribution in [1.29, 1.82) is 0 Å². The number of hydrogen-bond acceptors (Lipinski definition) is 3. The molecule has 1 saturated heterocycles. The molecule has 0 saturated carbocycles. The van der Waals surface area contributed by atoms with Gasteiger partial charge in [0.25, 0.3) is 0 Å². The Morgan fingerprint density at radius 1 is 1.45 bits per heavy atom. The summed E-state index contributed by atoms with van der Waals surface area (Å²) in [5.74, 6) is 1.90. The Balaban J connectivity index is 2.12. The van der Waals surface area contributed by atoms with E-state index in [0.29, 0.717) is 12.1 Å². The molecular weight excluding hydrogens is 246 g/mol. The topological polar surface area (TPSA) is 28.2 Å². The first-order valence-electron chi connectivity index (χ1n) is 8.09. The number of pyridine rings is 1. The van der Waals surface area contributed by atoms with Crippen molar-refractivity contribution in [3.8, 4) is 0 Å². The highest BCUT2D eigenvalue weighted by molar-refractivity contribution is 5.43. The Kier molecular flexibility index (Phi) is 5.41. The predicted octanol–water partition coefficient (Wildman–Crippen LogP) is 3.77. The highest BCUT2D eigenvalue weighted by atomic mass is 15.2. The second kappa shape index (κ2) is 7.07. The zero-order valence-electron chi connectivity index (χ0n) is 13.4. The Labute approximate surface area is 123 Å². The molecular formula is C17H29N3. The van der Waals surface area contributed by atoms with Crippen LogP contribution in [0.1, 0.15) is 58.6 Å². The Bertz CT molecular complexity index is 418. The van der Waals surface area contributed by atoms with Gasteiger partial charge in [0, 0.05) is 24.8 Å². The highest BCUT2D eigenvalue weighted by Crippen LogP contribution is 2.28. The lowest BCUT2D eigenvalue weighted by Gasteiger charge is -2.39. The zero-order chi connectivity index (χ0) is 14.5. The van der Waals surface area contributed by atoms with Gasteiger partial charge in [-0.05, 0) is 63.3 Å². The van der Waals surface area contributed by atoms with E-state index in [1.165, 1.54) is 24.8 Å². The lowest BCUT2D eigenvalue weighted by atomic mass is 9.92. The van der Waals surface area contributed by atoms with Gasteiger partial charge in [0.1, 0.15) is 5.82 Å². The molecule has 1 N–H and O–H groups in total. The molecule has 0 aliphatic carbocycles. The van der Waals surface area contributed by atoms with Crippen LogP contribution in [-0.2, 0) is 0 Å². The van der Waals surface area contributed by atoms with E-state index in [4.69, 9.17) is 0 Å². The van der Waals surface area contributed by atoms with Crippen molar-refractivity contribution < 1.29 is 0 Å². The molecule has 3 heteroatoms. The van der Waals surface area contributed by atoms with Crippen LogP contribution in [0.3, 0.4) is 0 Å². The van der Waals surface area contributed by atoms with E-state index in [1.54, 1.807) is 0 Å². The Hall–Kier alpha value is -1.09.